The first-order valence-corrected chi connectivity index (χ1v) is 8.01. The highest BCUT2D eigenvalue weighted by atomic mass is 16.5. The Morgan fingerprint density at radius 1 is 1.30 bits per heavy atom. The Bertz CT molecular complexity index is 623. The summed E-state index contributed by atoms with van der Waals surface area (Å²) >= 11 is 0. The lowest BCUT2D eigenvalue weighted by atomic mass is 9.98. The van der Waals surface area contributed by atoms with Gasteiger partial charge in [-0.1, -0.05) is 32.4 Å². The summed E-state index contributed by atoms with van der Waals surface area (Å²) in [6.07, 6.45) is 2.46. The molecular formula is C18H23NO4. The van der Waals surface area contributed by atoms with Gasteiger partial charge in [-0.2, -0.15) is 0 Å². The molecule has 5 heteroatoms. The van der Waals surface area contributed by atoms with Crippen molar-refractivity contribution in [2.45, 2.75) is 45.6 Å². The Morgan fingerprint density at radius 2 is 2.04 bits per heavy atom. The molecule has 23 heavy (non-hydrogen) atoms. The smallest absolute Gasteiger partial charge is 0.328 e. The van der Waals surface area contributed by atoms with Crippen LogP contribution in [0.3, 0.4) is 0 Å². The number of hydrogen-bond donors (Lipinski definition) is 1. The van der Waals surface area contributed by atoms with E-state index in [1.807, 2.05) is 13.8 Å². The van der Waals surface area contributed by atoms with Gasteiger partial charge in [-0.25, -0.2) is 4.79 Å². The lowest BCUT2D eigenvalue weighted by Gasteiger charge is -2.20. The molecule has 5 nitrogen and oxygen atoms in total. The molecule has 124 valence electrons. The van der Waals surface area contributed by atoms with E-state index in [-0.39, 0.29) is 11.7 Å². The first-order chi connectivity index (χ1) is 11.0. The van der Waals surface area contributed by atoms with Crippen molar-refractivity contribution in [2.75, 3.05) is 7.11 Å². The van der Waals surface area contributed by atoms with Gasteiger partial charge < -0.3 is 10.1 Å². The van der Waals surface area contributed by atoms with Gasteiger partial charge in [-0.05, 0) is 30.4 Å². The predicted molar refractivity (Wildman–Crippen MR) is 86.4 cm³/mol. The van der Waals surface area contributed by atoms with Gasteiger partial charge in [-0.3, -0.25) is 9.59 Å². The van der Waals surface area contributed by atoms with E-state index >= 15 is 0 Å². The molecular weight excluding hydrogens is 294 g/mol. The fourth-order valence-corrected chi connectivity index (χ4v) is 2.86. The van der Waals surface area contributed by atoms with Crippen molar-refractivity contribution in [3.63, 3.8) is 0 Å². The molecule has 0 unspecified atom stereocenters. The van der Waals surface area contributed by atoms with E-state index in [1.54, 1.807) is 18.2 Å². The second-order valence-electron chi connectivity index (χ2n) is 6.05. The normalized spacial score (nSPS) is 15.7. The van der Waals surface area contributed by atoms with E-state index in [0.717, 1.165) is 12.0 Å². The Kier molecular flexibility index (Phi) is 5.53. The van der Waals surface area contributed by atoms with Crippen molar-refractivity contribution in [3.05, 3.63) is 34.9 Å². The second kappa shape index (κ2) is 7.40. The number of Topliss-reactive ketones (excluding diaryl/α,β-unsaturated/α-hetero) is 1. The van der Waals surface area contributed by atoms with Crippen LogP contribution in [0, 0.1) is 5.92 Å². The number of rotatable bonds is 6. The van der Waals surface area contributed by atoms with Crippen LogP contribution in [0.15, 0.2) is 18.2 Å². The highest BCUT2D eigenvalue weighted by Crippen LogP contribution is 2.25. The zero-order valence-corrected chi connectivity index (χ0v) is 13.8. The fourth-order valence-electron chi connectivity index (χ4n) is 2.86. The molecule has 0 saturated carbocycles. The van der Waals surface area contributed by atoms with E-state index in [2.05, 4.69) is 5.32 Å². The van der Waals surface area contributed by atoms with Crippen LogP contribution >= 0.6 is 0 Å². The summed E-state index contributed by atoms with van der Waals surface area (Å²) in [4.78, 5) is 36.3. The summed E-state index contributed by atoms with van der Waals surface area (Å²) in [6.45, 7) is 4.07. The average molecular weight is 317 g/mol. The first kappa shape index (κ1) is 17.2. The lowest BCUT2D eigenvalue weighted by Crippen LogP contribution is -2.42. The van der Waals surface area contributed by atoms with E-state index in [9.17, 15) is 14.4 Å². The summed E-state index contributed by atoms with van der Waals surface area (Å²) in [5.41, 5.74) is 1.88. The van der Waals surface area contributed by atoms with E-state index in [0.29, 0.717) is 36.3 Å². The number of hydrogen-bond acceptors (Lipinski definition) is 4. The van der Waals surface area contributed by atoms with Gasteiger partial charge in [-0.15, -0.1) is 0 Å². The van der Waals surface area contributed by atoms with Crippen LogP contribution in [0.1, 0.15) is 59.4 Å². The maximum Gasteiger partial charge on any atom is 0.328 e. The Morgan fingerprint density at radius 3 is 2.70 bits per heavy atom. The van der Waals surface area contributed by atoms with Crippen molar-refractivity contribution in [2.24, 2.45) is 5.92 Å². The molecule has 0 saturated heterocycles. The third kappa shape index (κ3) is 3.78. The van der Waals surface area contributed by atoms with Crippen LogP contribution in [0.25, 0.3) is 0 Å². The lowest BCUT2D eigenvalue weighted by molar-refractivity contribution is -0.143. The fraction of sp³-hybridized carbons (Fsp3) is 0.500. The molecule has 0 radical (unpaired) electrons. The van der Waals surface area contributed by atoms with E-state index in [4.69, 9.17) is 4.74 Å². The molecule has 0 heterocycles. The van der Waals surface area contributed by atoms with E-state index in [1.165, 1.54) is 7.11 Å². The number of methoxy groups -OCH3 is 1. The van der Waals surface area contributed by atoms with Crippen LogP contribution < -0.4 is 5.32 Å². The van der Waals surface area contributed by atoms with Crippen molar-refractivity contribution < 1.29 is 19.1 Å². The monoisotopic (exact) mass is 317 g/mol. The highest BCUT2D eigenvalue weighted by molar-refractivity contribution is 6.06. The maximum absolute atomic E-state index is 12.6. The molecule has 0 aliphatic heterocycles. The molecule has 1 aromatic carbocycles. The largest absolute Gasteiger partial charge is 0.467 e. The molecule has 1 aliphatic carbocycles. The Hall–Kier alpha value is -2.17. The summed E-state index contributed by atoms with van der Waals surface area (Å²) < 4.78 is 4.80. The molecule has 0 aromatic heterocycles. The number of fused-ring (bicyclic) bond motifs is 1. The molecule has 2 atom stereocenters. The standard InChI is InChI=1S/C18H23NO4/c1-4-11(2)10-15(18(22)23-3)19-17(21)14-7-5-6-13-12(14)8-9-16(13)20/h5-7,11,15H,4,8-10H2,1-3H3,(H,19,21)/t11-,15+/m0/s1. The minimum Gasteiger partial charge on any atom is -0.467 e. The SMILES string of the molecule is CC[C@H](C)C[C@@H](NC(=O)c1cccc2c1CCC2=O)C(=O)OC. The number of carbonyl (C=O) groups is 3. The van der Waals surface area contributed by atoms with Gasteiger partial charge in [0, 0.05) is 17.5 Å². The van der Waals surface area contributed by atoms with Crippen LogP contribution in [0.2, 0.25) is 0 Å². The zero-order chi connectivity index (χ0) is 17.0. The number of esters is 1. The second-order valence-corrected chi connectivity index (χ2v) is 6.05. The number of benzene rings is 1. The predicted octanol–water partition coefficient (Wildman–Crippen LogP) is 2.52. The van der Waals surface area contributed by atoms with Gasteiger partial charge >= 0.3 is 5.97 Å². The quantitative estimate of drug-likeness (QED) is 0.818. The molecule has 1 aliphatic rings. The summed E-state index contributed by atoms with van der Waals surface area (Å²) in [5.74, 6) is -0.404. The molecule has 0 bridgehead atoms. The number of amides is 1. The van der Waals surface area contributed by atoms with Crippen LogP contribution in [-0.4, -0.2) is 30.8 Å². The molecule has 2 rings (SSSR count). The van der Waals surface area contributed by atoms with E-state index < -0.39 is 12.0 Å². The average Bonchev–Trinajstić information content (AvgIpc) is 2.94. The summed E-state index contributed by atoms with van der Waals surface area (Å²) in [6, 6.07) is 4.48. The molecule has 1 amide bonds. The number of nitrogens with one attached hydrogen (secondary N) is 1. The van der Waals surface area contributed by atoms with Crippen LogP contribution in [0.5, 0.6) is 0 Å². The molecule has 1 N–H and O–H groups in total. The topological polar surface area (TPSA) is 72.5 Å². The Balaban J connectivity index is 2.19. The minimum atomic E-state index is -0.671. The molecule has 0 fully saturated rings. The van der Waals surface area contributed by atoms with Gasteiger partial charge in [0.05, 0.1) is 7.11 Å². The summed E-state index contributed by atoms with van der Waals surface area (Å²) in [7, 11) is 1.32. The van der Waals surface area contributed by atoms with Crippen molar-refractivity contribution >= 4 is 17.7 Å². The third-order valence-corrected chi connectivity index (χ3v) is 4.45. The van der Waals surface area contributed by atoms with Crippen LogP contribution in [0.4, 0.5) is 0 Å². The van der Waals surface area contributed by atoms with Gasteiger partial charge in [0.1, 0.15) is 6.04 Å². The maximum atomic E-state index is 12.6. The molecule has 0 spiro atoms. The van der Waals surface area contributed by atoms with Gasteiger partial charge in [0.2, 0.25) is 0 Å². The van der Waals surface area contributed by atoms with Crippen molar-refractivity contribution in [3.8, 4) is 0 Å². The van der Waals surface area contributed by atoms with Crippen molar-refractivity contribution in [1.82, 2.24) is 5.32 Å². The van der Waals surface area contributed by atoms with Crippen molar-refractivity contribution in [1.29, 1.82) is 0 Å². The number of ether oxygens (including phenoxy) is 1. The third-order valence-electron chi connectivity index (χ3n) is 4.45. The molecule has 1 aromatic rings. The highest BCUT2D eigenvalue weighted by Gasteiger charge is 2.28. The zero-order valence-electron chi connectivity index (χ0n) is 13.8. The Labute approximate surface area is 136 Å². The van der Waals surface area contributed by atoms with Gasteiger partial charge in [0.15, 0.2) is 5.78 Å². The number of ketones is 1. The number of carbonyl (C=O) groups excluding carboxylic acids is 3. The minimum absolute atomic E-state index is 0.0683. The van der Waals surface area contributed by atoms with Crippen LogP contribution in [-0.2, 0) is 16.0 Å². The van der Waals surface area contributed by atoms with Gasteiger partial charge in [0.25, 0.3) is 5.91 Å². The summed E-state index contributed by atoms with van der Waals surface area (Å²) in [5, 5.41) is 2.77. The first-order valence-electron chi connectivity index (χ1n) is 8.01.